The van der Waals surface area contributed by atoms with Gasteiger partial charge in [-0.15, -0.1) is 0 Å². The van der Waals surface area contributed by atoms with Crippen LogP contribution in [0.25, 0.3) is 0 Å². The molecule has 1 saturated heterocycles. The first-order chi connectivity index (χ1) is 8.22. The fraction of sp³-hybridized carbons (Fsp3) is 0.533. The number of hydrogen-bond acceptors (Lipinski definition) is 2. The SMILES string of the molecule is CCC(C)c1ccc(C2(CC#N)COC2)cc1. The minimum Gasteiger partial charge on any atom is -0.379 e. The molecule has 0 bridgehead atoms. The van der Waals surface area contributed by atoms with Crippen molar-refractivity contribution in [1.29, 1.82) is 5.26 Å². The van der Waals surface area contributed by atoms with E-state index in [1.165, 1.54) is 11.1 Å². The first kappa shape index (κ1) is 12.1. The van der Waals surface area contributed by atoms with Gasteiger partial charge in [0, 0.05) is 6.42 Å². The highest BCUT2D eigenvalue weighted by atomic mass is 16.5. The molecule has 17 heavy (non-hydrogen) atoms. The van der Waals surface area contributed by atoms with E-state index >= 15 is 0 Å². The molecule has 1 aliphatic heterocycles. The van der Waals surface area contributed by atoms with Gasteiger partial charge >= 0.3 is 0 Å². The van der Waals surface area contributed by atoms with Gasteiger partial charge in [-0.3, -0.25) is 0 Å². The zero-order chi connectivity index (χ0) is 12.3. The third kappa shape index (κ3) is 2.21. The van der Waals surface area contributed by atoms with Gasteiger partial charge in [-0.05, 0) is 23.5 Å². The van der Waals surface area contributed by atoms with E-state index in [1.807, 2.05) is 0 Å². The lowest BCUT2D eigenvalue weighted by atomic mass is 9.76. The van der Waals surface area contributed by atoms with Gasteiger partial charge in [0.15, 0.2) is 0 Å². The van der Waals surface area contributed by atoms with Crippen molar-refractivity contribution in [3.05, 3.63) is 35.4 Å². The van der Waals surface area contributed by atoms with Gasteiger partial charge in [-0.2, -0.15) is 5.26 Å². The van der Waals surface area contributed by atoms with Crippen LogP contribution in [0, 0.1) is 11.3 Å². The van der Waals surface area contributed by atoms with Gasteiger partial charge in [0.05, 0.1) is 24.7 Å². The molecule has 0 amide bonds. The van der Waals surface area contributed by atoms with Crippen molar-refractivity contribution in [2.24, 2.45) is 0 Å². The fourth-order valence-electron chi connectivity index (χ4n) is 2.27. The first-order valence-corrected chi connectivity index (χ1v) is 6.27. The Kier molecular flexibility index (Phi) is 3.49. The van der Waals surface area contributed by atoms with E-state index in [0.29, 0.717) is 25.6 Å². The van der Waals surface area contributed by atoms with Crippen molar-refractivity contribution in [3.8, 4) is 6.07 Å². The molecule has 1 aliphatic rings. The largest absolute Gasteiger partial charge is 0.379 e. The zero-order valence-electron chi connectivity index (χ0n) is 10.6. The molecule has 2 nitrogen and oxygen atoms in total. The molecule has 0 spiro atoms. The number of ether oxygens (including phenoxy) is 1. The molecule has 0 radical (unpaired) electrons. The fourth-order valence-corrected chi connectivity index (χ4v) is 2.27. The average Bonchev–Trinajstić information content (AvgIpc) is 2.33. The molecular formula is C15H19NO. The van der Waals surface area contributed by atoms with Crippen molar-refractivity contribution in [2.45, 2.75) is 38.0 Å². The van der Waals surface area contributed by atoms with Crippen LogP contribution in [0.15, 0.2) is 24.3 Å². The molecule has 2 rings (SSSR count). The van der Waals surface area contributed by atoms with E-state index in [0.717, 1.165) is 6.42 Å². The molecule has 1 aromatic carbocycles. The van der Waals surface area contributed by atoms with Crippen LogP contribution in [0.2, 0.25) is 0 Å². The van der Waals surface area contributed by atoms with Crippen LogP contribution in [-0.2, 0) is 10.2 Å². The van der Waals surface area contributed by atoms with Crippen molar-refractivity contribution in [3.63, 3.8) is 0 Å². The zero-order valence-corrected chi connectivity index (χ0v) is 10.6. The topological polar surface area (TPSA) is 33.0 Å². The van der Waals surface area contributed by atoms with Gasteiger partial charge in [-0.1, -0.05) is 38.1 Å². The van der Waals surface area contributed by atoms with E-state index in [1.54, 1.807) is 0 Å². The highest BCUT2D eigenvalue weighted by molar-refractivity contribution is 5.33. The molecule has 0 aromatic heterocycles. The molecule has 1 atom stereocenters. The van der Waals surface area contributed by atoms with Gasteiger partial charge in [0.2, 0.25) is 0 Å². The Morgan fingerprint density at radius 3 is 2.41 bits per heavy atom. The summed E-state index contributed by atoms with van der Waals surface area (Å²) in [6.07, 6.45) is 1.71. The Bertz CT molecular complexity index is 412. The summed E-state index contributed by atoms with van der Waals surface area (Å²) in [5.74, 6) is 0.605. The summed E-state index contributed by atoms with van der Waals surface area (Å²) < 4.78 is 5.29. The van der Waals surface area contributed by atoms with Crippen LogP contribution < -0.4 is 0 Å². The average molecular weight is 229 g/mol. The minimum absolute atomic E-state index is 0.0390. The Balaban J connectivity index is 2.20. The lowest BCUT2D eigenvalue weighted by Crippen LogP contribution is -2.46. The lowest BCUT2D eigenvalue weighted by molar-refractivity contribution is -0.0577. The predicted octanol–water partition coefficient (Wildman–Crippen LogP) is 3.38. The Labute approximate surface area is 103 Å². The van der Waals surface area contributed by atoms with Crippen LogP contribution in [0.3, 0.4) is 0 Å². The summed E-state index contributed by atoms with van der Waals surface area (Å²) >= 11 is 0. The molecule has 0 aliphatic carbocycles. The van der Waals surface area contributed by atoms with Crippen molar-refractivity contribution in [2.75, 3.05) is 13.2 Å². The normalized spacial score (nSPS) is 19.1. The Morgan fingerprint density at radius 2 is 2.00 bits per heavy atom. The van der Waals surface area contributed by atoms with E-state index in [-0.39, 0.29) is 5.41 Å². The maximum Gasteiger partial charge on any atom is 0.0632 e. The standard InChI is InChI=1S/C15H19NO/c1-3-12(2)13-4-6-14(7-5-13)15(8-9-16)10-17-11-15/h4-7,12H,3,8,10-11H2,1-2H3. The molecule has 1 unspecified atom stereocenters. The molecular weight excluding hydrogens is 210 g/mol. The maximum atomic E-state index is 8.90. The summed E-state index contributed by atoms with van der Waals surface area (Å²) in [6.45, 7) is 5.81. The number of hydrogen-bond donors (Lipinski definition) is 0. The van der Waals surface area contributed by atoms with Crippen molar-refractivity contribution >= 4 is 0 Å². The molecule has 1 heterocycles. The van der Waals surface area contributed by atoms with E-state index in [9.17, 15) is 0 Å². The highest BCUT2D eigenvalue weighted by Crippen LogP contribution is 2.36. The number of nitrogens with zero attached hydrogens (tertiary/aromatic N) is 1. The third-order valence-electron chi connectivity index (χ3n) is 3.88. The Morgan fingerprint density at radius 1 is 1.35 bits per heavy atom. The number of rotatable bonds is 4. The van der Waals surface area contributed by atoms with Gasteiger partial charge < -0.3 is 4.74 Å². The first-order valence-electron chi connectivity index (χ1n) is 6.27. The van der Waals surface area contributed by atoms with Gasteiger partial charge in [0.1, 0.15) is 0 Å². The van der Waals surface area contributed by atoms with E-state index in [2.05, 4.69) is 44.2 Å². The predicted molar refractivity (Wildman–Crippen MR) is 67.9 cm³/mol. The summed E-state index contributed by atoms with van der Waals surface area (Å²) in [4.78, 5) is 0. The maximum absolute atomic E-state index is 8.90. The van der Waals surface area contributed by atoms with Crippen LogP contribution in [0.5, 0.6) is 0 Å². The molecule has 1 fully saturated rings. The summed E-state index contributed by atoms with van der Waals surface area (Å²) in [7, 11) is 0. The minimum atomic E-state index is -0.0390. The second-order valence-corrected chi connectivity index (χ2v) is 5.04. The van der Waals surface area contributed by atoms with Crippen LogP contribution in [-0.4, -0.2) is 13.2 Å². The van der Waals surface area contributed by atoms with Crippen molar-refractivity contribution < 1.29 is 4.74 Å². The summed E-state index contributed by atoms with van der Waals surface area (Å²) in [5, 5.41) is 8.90. The quantitative estimate of drug-likeness (QED) is 0.793. The van der Waals surface area contributed by atoms with E-state index < -0.39 is 0 Å². The number of benzene rings is 1. The molecule has 90 valence electrons. The molecule has 0 N–H and O–H groups in total. The summed E-state index contributed by atoms with van der Waals surface area (Å²) in [5.41, 5.74) is 2.59. The monoisotopic (exact) mass is 229 g/mol. The van der Waals surface area contributed by atoms with Gasteiger partial charge in [-0.25, -0.2) is 0 Å². The lowest BCUT2D eigenvalue weighted by Gasteiger charge is -2.40. The van der Waals surface area contributed by atoms with E-state index in [4.69, 9.17) is 10.00 Å². The van der Waals surface area contributed by atoms with Crippen LogP contribution in [0.1, 0.15) is 43.7 Å². The van der Waals surface area contributed by atoms with Crippen LogP contribution in [0.4, 0.5) is 0 Å². The second-order valence-electron chi connectivity index (χ2n) is 5.04. The smallest absolute Gasteiger partial charge is 0.0632 e. The third-order valence-corrected chi connectivity index (χ3v) is 3.88. The summed E-state index contributed by atoms with van der Waals surface area (Å²) in [6, 6.07) is 11.0. The van der Waals surface area contributed by atoms with Crippen LogP contribution >= 0.6 is 0 Å². The molecule has 1 aromatic rings. The Hall–Kier alpha value is -1.33. The van der Waals surface area contributed by atoms with Gasteiger partial charge in [0.25, 0.3) is 0 Å². The number of nitriles is 1. The van der Waals surface area contributed by atoms with Crippen molar-refractivity contribution in [1.82, 2.24) is 0 Å². The highest BCUT2D eigenvalue weighted by Gasteiger charge is 2.40. The molecule has 2 heteroatoms. The molecule has 0 saturated carbocycles. The second kappa shape index (κ2) is 4.89.